The second-order valence-electron chi connectivity index (χ2n) is 2.59. The van der Waals surface area contributed by atoms with E-state index >= 15 is 0 Å². The van der Waals surface area contributed by atoms with Crippen molar-refractivity contribution in [3.63, 3.8) is 0 Å². The Labute approximate surface area is 102 Å². The van der Waals surface area contributed by atoms with Gasteiger partial charge in [0.05, 0.1) is 15.9 Å². The van der Waals surface area contributed by atoms with E-state index in [4.69, 9.17) is 16.2 Å². The molecule has 9 nitrogen and oxygen atoms in total. The SMILES string of the molecule is [N-]=[N+]=Nc1cc(SCl)c([N+](=O)[O-])cc1[N+](=O)[O-]. The minimum atomic E-state index is -0.875. The first-order valence-corrected chi connectivity index (χ1v) is 5.46. The lowest BCUT2D eigenvalue weighted by Gasteiger charge is -2.00. The predicted molar refractivity (Wildman–Crippen MR) is 60.3 cm³/mol. The number of nitrogens with zero attached hydrogens (tertiary/aromatic N) is 5. The molecule has 1 aromatic carbocycles. The molecule has 1 rings (SSSR count). The first kappa shape index (κ1) is 13.0. The summed E-state index contributed by atoms with van der Waals surface area (Å²) in [6.45, 7) is 0. The van der Waals surface area contributed by atoms with Crippen LogP contribution in [0, 0.1) is 20.2 Å². The number of nitro groups is 2. The second-order valence-corrected chi connectivity index (χ2v) is 3.65. The highest BCUT2D eigenvalue weighted by Crippen LogP contribution is 2.40. The average Bonchev–Trinajstić information content (AvgIpc) is 2.28. The van der Waals surface area contributed by atoms with Crippen molar-refractivity contribution < 1.29 is 9.85 Å². The van der Waals surface area contributed by atoms with E-state index < -0.39 is 21.2 Å². The minimum absolute atomic E-state index is 0.0373. The molecular weight excluding hydrogens is 274 g/mol. The van der Waals surface area contributed by atoms with Crippen LogP contribution in [-0.4, -0.2) is 9.85 Å². The molecule has 0 spiro atoms. The fourth-order valence-electron chi connectivity index (χ4n) is 1.03. The van der Waals surface area contributed by atoms with Crippen LogP contribution >= 0.6 is 21.7 Å². The number of halogens is 1. The molecule has 0 amide bonds. The Kier molecular flexibility index (Phi) is 4.10. The van der Waals surface area contributed by atoms with Crippen molar-refractivity contribution in [3.8, 4) is 0 Å². The summed E-state index contributed by atoms with van der Waals surface area (Å²) in [6, 6.07) is 1.70. The van der Waals surface area contributed by atoms with Gasteiger partial charge < -0.3 is 0 Å². The molecule has 0 atom stereocenters. The van der Waals surface area contributed by atoms with Gasteiger partial charge in [-0.2, -0.15) is 0 Å². The fourth-order valence-corrected chi connectivity index (χ4v) is 1.77. The van der Waals surface area contributed by atoms with E-state index in [9.17, 15) is 20.2 Å². The van der Waals surface area contributed by atoms with Crippen LogP contribution in [0.15, 0.2) is 22.1 Å². The lowest BCUT2D eigenvalue weighted by molar-refractivity contribution is -0.395. The molecule has 0 unspecified atom stereocenters. The van der Waals surface area contributed by atoms with Crippen LogP contribution in [0.2, 0.25) is 0 Å². The van der Waals surface area contributed by atoms with Gasteiger partial charge in [0.15, 0.2) is 0 Å². The van der Waals surface area contributed by atoms with Gasteiger partial charge in [-0.05, 0) is 33.3 Å². The summed E-state index contributed by atoms with van der Waals surface area (Å²) in [4.78, 5) is 21.9. The van der Waals surface area contributed by atoms with E-state index in [2.05, 4.69) is 10.0 Å². The standard InChI is InChI=1S/C6H2ClN5O4S/c7-17-6-1-3(9-10-8)4(11(13)14)2-5(6)12(15)16/h1-2H. The van der Waals surface area contributed by atoms with Crippen LogP contribution in [-0.2, 0) is 0 Å². The molecule has 0 fully saturated rings. The zero-order valence-corrected chi connectivity index (χ0v) is 9.38. The first-order chi connectivity index (χ1) is 8.01. The first-order valence-electron chi connectivity index (χ1n) is 3.81. The Hall–Kier alpha value is -2.03. The van der Waals surface area contributed by atoms with Crippen LogP contribution in [0.4, 0.5) is 17.1 Å². The molecule has 11 heteroatoms. The quantitative estimate of drug-likeness (QED) is 0.271. The molecule has 0 saturated carbocycles. The molecule has 1 aromatic rings. The zero-order chi connectivity index (χ0) is 13.0. The number of azide groups is 1. The van der Waals surface area contributed by atoms with Crippen molar-refractivity contribution in [1.82, 2.24) is 0 Å². The van der Waals surface area contributed by atoms with E-state index in [1.807, 2.05) is 0 Å². The molecule has 88 valence electrons. The van der Waals surface area contributed by atoms with Crippen molar-refractivity contribution >= 4 is 38.7 Å². The average molecular weight is 276 g/mol. The summed E-state index contributed by atoms with van der Waals surface area (Å²) in [5.74, 6) is 0. The largest absolute Gasteiger partial charge is 0.290 e. The highest BCUT2D eigenvalue weighted by atomic mass is 35.7. The maximum Gasteiger partial charge on any atom is 0.290 e. The van der Waals surface area contributed by atoms with Crippen molar-refractivity contribution in [2.75, 3.05) is 0 Å². The van der Waals surface area contributed by atoms with Gasteiger partial charge in [0.1, 0.15) is 10.6 Å². The van der Waals surface area contributed by atoms with E-state index in [1.54, 1.807) is 0 Å². The third-order valence-corrected chi connectivity index (χ3v) is 2.68. The Balaban J connectivity index is 3.58. The third kappa shape index (κ3) is 2.75. The van der Waals surface area contributed by atoms with E-state index in [1.165, 1.54) is 0 Å². The molecule has 17 heavy (non-hydrogen) atoms. The number of hydrogen-bond acceptors (Lipinski definition) is 6. The molecule has 0 aliphatic heterocycles. The minimum Gasteiger partial charge on any atom is -0.258 e. The summed E-state index contributed by atoms with van der Waals surface area (Å²) in [5, 5.41) is 24.3. The van der Waals surface area contributed by atoms with Crippen LogP contribution in [0.25, 0.3) is 10.4 Å². The molecule has 0 aliphatic rings. The Morgan fingerprint density at radius 2 is 1.88 bits per heavy atom. The molecule has 0 bridgehead atoms. The van der Waals surface area contributed by atoms with Crippen LogP contribution in [0.3, 0.4) is 0 Å². The van der Waals surface area contributed by atoms with E-state index in [-0.39, 0.29) is 10.6 Å². The van der Waals surface area contributed by atoms with Crippen LogP contribution in [0.1, 0.15) is 0 Å². The summed E-state index contributed by atoms with van der Waals surface area (Å²) >= 11 is 0. The molecule has 0 saturated heterocycles. The van der Waals surface area contributed by atoms with Crippen LogP contribution < -0.4 is 0 Å². The van der Waals surface area contributed by atoms with Crippen molar-refractivity contribution in [2.45, 2.75) is 4.90 Å². The fraction of sp³-hybridized carbons (Fsp3) is 0. The molecule has 0 radical (unpaired) electrons. The van der Waals surface area contributed by atoms with Gasteiger partial charge in [-0.25, -0.2) is 0 Å². The smallest absolute Gasteiger partial charge is 0.258 e. The number of benzene rings is 1. The van der Waals surface area contributed by atoms with Gasteiger partial charge >= 0.3 is 0 Å². The third-order valence-electron chi connectivity index (χ3n) is 1.69. The van der Waals surface area contributed by atoms with Crippen molar-refractivity contribution in [3.05, 3.63) is 42.8 Å². The highest BCUT2D eigenvalue weighted by Gasteiger charge is 2.23. The van der Waals surface area contributed by atoms with Gasteiger partial charge in [-0.1, -0.05) is 5.11 Å². The number of hydrogen-bond donors (Lipinski definition) is 0. The lowest BCUT2D eigenvalue weighted by Crippen LogP contribution is -1.94. The van der Waals surface area contributed by atoms with E-state index in [0.717, 1.165) is 6.07 Å². The van der Waals surface area contributed by atoms with Gasteiger partial charge in [0.25, 0.3) is 11.4 Å². The van der Waals surface area contributed by atoms with Crippen molar-refractivity contribution in [2.24, 2.45) is 5.11 Å². The molecule has 0 heterocycles. The van der Waals surface area contributed by atoms with Gasteiger partial charge in [0.2, 0.25) is 0 Å². The predicted octanol–water partition coefficient (Wildman–Crippen LogP) is 3.69. The zero-order valence-electron chi connectivity index (χ0n) is 7.81. The molecule has 0 aromatic heterocycles. The lowest BCUT2D eigenvalue weighted by atomic mass is 10.2. The van der Waals surface area contributed by atoms with E-state index in [0.29, 0.717) is 17.0 Å². The number of rotatable bonds is 4. The van der Waals surface area contributed by atoms with Gasteiger partial charge in [-0.15, -0.1) is 0 Å². The second kappa shape index (κ2) is 5.34. The maximum atomic E-state index is 10.6. The molecule has 0 aliphatic carbocycles. The topological polar surface area (TPSA) is 135 Å². The normalized spacial score (nSPS) is 9.47. The monoisotopic (exact) mass is 275 g/mol. The molecule has 0 N–H and O–H groups in total. The Bertz CT molecular complexity index is 543. The highest BCUT2D eigenvalue weighted by molar-refractivity contribution is 8.21. The molecular formula is C6H2ClN5O4S. The van der Waals surface area contributed by atoms with Gasteiger partial charge in [0, 0.05) is 4.91 Å². The summed E-state index contributed by atoms with van der Waals surface area (Å²) in [6.07, 6.45) is 0. The van der Waals surface area contributed by atoms with Gasteiger partial charge in [-0.3, -0.25) is 20.2 Å². The summed E-state index contributed by atoms with van der Waals surface area (Å²) in [5.41, 5.74) is 6.73. The Morgan fingerprint density at radius 3 is 2.29 bits per heavy atom. The Morgan fingerprint density at radius 1 is 1.29 bits per heavy atom. The summed E-state index contributed by atoms with van der Waals surface area (Å²) in [7, 11) is 5.90. The van der Waals surface area contributed by atoms with Crippen LogP contribution in [0.5, 0.6) is 0 Å². The summed E-state index contributed by atoms with van der Waals surface area (Å²) < 4.78 is 0. The van der Waals surface area contributed by atoms with Crippen molar-refractivity contribution in [1.29, 1.82) is 0 Å². The number of nitro benzene ring substituents is 2. The maximum absolute atomic E-state index is 10.6.